The van der Waals surface area contributed by atoms with E-state index in [0.717, 1.165) is 0 Å². The van der Waals surface area contributed by atoms with Crippen LogP contribution in [0, 0.1) is 0 Å². The molecule has 1 aromatic carbocycles. The first kappa shape index (κ1) is 10.7. The number of hydrogen-bond acceptors (Lipinski definition) is 4. The van der Waals surface area contributed by atoms with E-state index in [2.05, 4.69) is 9.72 Å². The van der Waals surface area contributed by atoms with Crippen LogP contribution in [0.15, 0.2) is 24.4 Å². The Hall–Kier alpha value is -1.81. The van der Waals surface area contributed by atoms with Crippen LogP contribution in [0.3, 0.4) is 0 Å². The van der Waals surface area contributed by atoms with Gasteiger partial charge in [0.15, 0.2) is 0 Å². The smallest absolute Gasteiger partial charge is 0.340 e. The third-order valence-corrected chi connectivity index (χ3v) is 2.60. The molecule has 0 atom stereocenters. The molecule has 0 aliphatic rings. The van der Waals surface area contributed by atoms with Crippen molar-refractivity contribution in [3.63, 3.8) is 0 Å². The lowest BCUT2D eigenvalue weighted by Gasteiger charge is -2.07. The maximum Gasteiger partial charge on any atom is 0.340 e. The van der Waals surface area contributed by atoms with Crippen molar-refractivity contribution in [2.75, 3.05) is 12.8 Å². The summed E-state index contributed by atoms with van der Waals surface area (Å²) in [5.41, 5.74) is 7.03. The van der Waals surface area contributed by atoms with Crippen molar-refractivity contribution >= 4 is 34.2 Å². The number of esters is 1. The first-order chi connectivity index (χ1) is 7.65. The van der Waals surface area contributed by atoms with Crippen LogP contribution in [0.2, 0.25) is 5.02 Å². The molecule has 0 amide bonds. The molecule has 1 heterocycles. The standard InChI is InChI=1S/C11H9ClN2O2/c1-16-11(15)7-5-8(12)9(13)6-3-2-4-14-10(6)7/h2-5H,13H2,1H3. The Kier molecular flexibility index (Phi) is 2.66. The Morgan fingerprint density at radius 2 is 2.31 bits per heavy atom. The van der Waals surface area contributed by atoms with Gasteiger partial charge in [0.2, 0.25) is 0 Å². The highest BCUT2D eigenvalue weighted by Gasteiger charge is 2.15. The fraction of sp³-hybridized carbons (Fsp3) is 0.0909. The molecule has 82 valence electrons. The zero-order chi connectivity index (χ0) is 11.7. The Balaban J connectivity index is 2.85. The zero-order valence-corrected chi connectivity index (χ0v) is 9.28. The topological polar surface area (TPSA) is 65.2 Å². The summed E-state index contributed by atoms with van der Waals surface area (Å²) in [6.45, 7) is 0. The van der Waals surface area contributed by atoms with Crippen molar-refractivity contribution in [1.82, 2.24) is 4.98 Å². The minimum absolute atomic E-state index is 0.317. The number of methoxy groups -OCH3 is 1. The zero-order valence-electron chi connectivity index (χ0n) is 8.53. The van der Waals surface area contributed by atoms with E-state index in [1.54, 1.807) is 18.3 Å². The van der Waals surface area contributed by atoms with Gasteiger partial charge in [-0.2, -0.15) is 0 Å². The Labute approximate surface area is 97.0 Å². The number of pyridine rings is 1. The SMILES string of the molecule is COC(=O)c1cc(Cl)c(N)c2cccnc12. The average Bonchev–Trinajstić information content (AvgIpc) is 2.33. The molecule has 1 aromatic heterocycles. The fourth-order valence-corrected chi connectivity index (χ4v) is 1.72. The molecule has 0 saturated heterocycles. The number of halogens is 1. The highest BCUT2D eigenvalue weighted by Crippen LogP contribution is 2.30. The van der Waals surface area contributed by atoms with Gasteiger partial charge < -0.3 is 10.5 Å². The molecule has 2 aromatic rings. The summed E-state index contributed by atoms with van der Waals surface area (Å²) in [6, 6.07) is 4.96. The number of aromatic nitrogens is 1. The fourth-order valence-electron chi connectivity index (χ4n) is 1.50. The largest absolute Gasteiger partial charge is 0.465 e. The number of hydrogen-bond donors (Lipinski definition) is 1. The Morgan fingerprint density at radius 1 is 1.56 bits per heavy atom. The van der Waals surface area contributed by atoms with Gasteiger partial charge in [0.25, 0.3) is 0 Å². The van der Waals surface area contributed by atoms with E-state index < -0.39 is 5.97 Å². The molecule has 0 aliphatic heterocycles. The molecule has 0 unspecified atom stereocenters. The van der Waals surface area contributed by atoms with Crippen LogP contribution in [0.1, 0.15) is 10.4 Å². The lowest BCUT2D eigenvalue weighted by molar-refractivity contribution is 0.0603. The number of carbonyl (C=O) groups is 1. The van der Waals surface area contributed by atoms with E-state index in [0.29, 0.717) is 27.2 Å². The third-order valence-electron chi connectivity index (χ3n) is 2.29. The van der Waals surface area contributed by atoms with Crippen molar-refractivity contribution in [3.05, 3.63) is 35.0 Å². The lowest BCUT2D eigenvalue weighted by atomic mass is 10.1. The second kappa shape index (κ2) is 3.98. The van der Waals surface area contributed by atoms with Gasteiger partial charge >= 0.3 is 5.97 Å². The molecule has 0 fully saturated rings. The number of nitrogens with two attached hydrogens (primary N) is 1. The van der Waals surface area contributed by atoms with Crippen LogP contribution >= 0.6 is 11.6 Å². The van der Waals surface area contributed by atoms with E-state index in [9.17, 15) is 4.79 Å². The number of rotatable bonds is 1. The third kappa shape index (κ3) is 1.57. The van der Waals surface area contributed by atoms with Crippen LogP contribution in [0.5, 0.6) is 0 Å². The summed E-state index contributed by atoms with van der Waals surface area (Å²) >= 11 is 5.93. The van der Waals surface area contributed by atoms with E-state index in [1.807, 2.05) is 0 Å². The highest BCUT2D eigenvalue weighted by atomic mass is 35.5. The molecule has 5 heteroatoms. The van der Waals surface area contributed by atoms with Crippen LogP contribution in [0.4, 0.5) is 5.69 Å². The molecule has 0 bridgehead atoms. The van der Waals surface area contributed by atoms with Crippen molar-refractivity contribution in [3.8, 4) is 0 Å². The Bertz CT molecular complexity index is 569. The lowest BCUT2D eigenvalue weighted by Crippen LogP contribution is -2.04. The molecule has 16 heavy (non-hydrogen) atoms. The molecular formula is C11H9ClN2O2. The van der Waals surface area contributed by atoms with Gasteiger partial charge in [0.05, 0.1) is 28.9 Å². The molecular weight excluding hydrogens is 228 g/mol. The molecule has 4 nitrogen and oxygen atoms in total. The molecule has 2 rings (SSSR count). The van der Waals surface area contributed by atoms with Gasteiger partial charge in [-0.3, -0.25) is 4.98 Å². The summed E-state index contributed by atoms with van der Waals surface area (Å²) in [4.78, 5) is 15.6. The quantitative estimate of drug-likeness (QED) is 0.609. The van der Waals surface area contributed by atoms with Crippen molar-refractivity contribution in [1.29, 1.82) is 0 Å². The summed E-state index contributed by atoms with van der Waals surface area (Å²) in [6.07, 6.45) is 1.59. The number of ether oxygens (including phenoxy) is 1. The van der Waals surface area contributed by atoms with Crippen molar-refractivity contribution in [2.24, 2.45) is 0 Å². The van der Waals surface area contributed by atoms with Crippen LogP contribution in [-0.4, -0.2) is 18.1 Å². The average molecular weight is 237 g/mol. The van der Waals surface area contributed by atoms with E-state index in [-0.39, 0.29) is 0 Å². The first-order valence-electron chi connectivity index (χ1n) is 4.56. The molecule has 0 spiro atoms. The van der Waals surface area contributed by atoms with Crippen molar-refractivity contribution < 1.29 is 9.53 Å². The number of carbonyl (C=O) groups excluding carboxylic acids is 1. The molecule has 0 aliphatic carbocycles. The maximum absolute atomic E-state index is 11.5. The number of fused-ring (bicyclic) bond motifs is 1. The van der Waals surface area contributed by atoms with Gasteiger partial charge in [-0.25, -0.2) is 4.79 Å². The summed E-state index contributed by atoms with van der Waals surface area (Å²) in [5, 5.41) is 0.969. The maximum atomic E-state index is 11.5. The minimum atomic E-state index is -0.481. The number of anilines is 1. The van der Waals surface area contributed by atoms with Gasteiger partial charge in [0, 0.05) is 11.6 Å². The molecule has 0 saturated carbocycles. The minimum Gasteiger partial charge on any atom is -0.465 e. The predicted octanol–water partition coefficient (Wildman–Crippen LogP) is 2.26. The van der Waals surface area contributed by atoms with E-state index >= 15 is 0 Å². The highest BCUT2D eigenvalue weighted by molar-refractivity contribution is 6.35. The molecule has 0 radical (unpaired) electrons. The van der Waals surface area contributed by atoms with Gasteiger partial charge in [0.1, 0.15) is 0 Å². The molecule has 2 N–H and O–H groups in total. The Morgan fingerprint density at radius 3 is 3.00 bits per heavy atom. The number of nitrogens with zero attached hydrogens (tertiary/aromatic N) is 1. The number of nitrogen functional groups attached to an aromatic ring is 1. The van der Waals surface area contributed by atoms with Crippen LogP contribution in [0.25, 0.3) is 10.9 Å². The van der Waals surface area contributed by atoms with Gasteiger partial charge in [-0.1, -0.05) is 11.6 Å². The predicted molar refractivity (Wildman–Crippen MR) is 62.5 cm³/mol. The normalized spacial score (nSPS) is 10.4. The second-order valence-electron chi connectivity index (χ2n) is 3.21. The van der Waals surface area contributed by atoms with E-state index in [4.69, 9.17) is 17.3 Å². The van der Waals surface area contributed by atoms with Crippen molar-refractivity contribution in [2.45, 2.75) is 0 Å². The van der Waals surface area contributed by atoms with E-state index in [1.165, 1.54) is 13.2 Å². The summed E-state index contributed by atoms with van der Waals surface area (Å²) < 4.78 is 4.66. The first-order valence-corrected chi connectivity index (χ1v) is 4.94. The van der Waals surface area contributed by atoms with Gasteiger partial charge in [-0.05, 0) is 18.2 Å². The summed E-state index contributed by atoms with van der Waals surface area (Å²) in [7, 11) is 1.31. The monoisotopic (exact) mass is 236 g/mol. The van der Waals surface area contributed by atoms with Crippen LogP contribution < -0.4 is 5.73 Å². The van der Waals surface area contributed by atoms with Crippen LogP contribution in [-0.2, 0) is 4.74 Å². The number of benzene rings is 1. The summed E-state index contributed by atoms with van der Waals surface area (Å²) in [5.74, 6) is -0.481. The van der Waals surface area contributed by atoms with Gasteiger partial charge in [-0.15, -0.1) is 0 Å². The second-order valence-corrected chi connectivity index (χ2v) is 3.62.